The van der Waals surface area contributed by atoms with E-state index in [1.807, 2.05) is 12.1 Å². The number of fused-ring (bicyclic) bond motifs is 8. The van der Waals surface area contributed by atoms with Gasteiger partial charge in [-0.3, -0.25) is 0 Å². The van der Waals surface area contributed by atoms with Crippen LogP contribution in [-0.2, 0) is 0 Å². The van der Waals surface area contributed by atoms with E-state index in [1.165, 1.54) is 32.2 Å². The van der Waals surface area contributed by atoms with Crippen LogP contribution >= 0.6 is 11.3 Å². The third kappa shape index (κ3) is 4.51. The lowest BCUT2D eigenvalue weighted by Crippen LogP contribution is -2.16. The molecule has 0 aliphatic carbocycles. The number of furan rings is 1. The summed E-state index contributed by atoms with van der Waals surface area (Å²) in [5.74, 6) is 0.685. The van der Waals surface area contributed by atoms with Gasteiger partial charge in [-0.15, -0.1) is 11.3 Å². The van der Waals surface area contributed by atoms with Gasteiger partial charge in [0.1, 0.15) is 11.2 Å². The van der Waals surface area contributed by atoms with Crippen LogP contribution in [0.3, 0.4) is 0 Å². The average Bonchev–Trinajstić information content (AvgIpc) is 3.82. The van der Waals surface area contributed by atoms with E-state index in [-0.39, 0.29) is 0 Å². The van der Waals surface area contributed by atoms with Gasteiger partial charge < -0.3 is 9.32 Å². The fourth-order valence-corrected chi connectivity index (χ4v) is 9.75. The molecular weight excluding hydrogens is 691 g/mol. The van der Waals surface area contributed by atoms with Gasteiger partial charge in [-0.25, -0.2) is 9.97 Å². The molecule has 0 saturated carbocycles. The number of anilines is 3. The van der Waals surface area contributed by atoms with Crippen molar-refractivity contribution >= 4 is 81.4 Å². The molecule has 0 radical (unpaired) electrons. The van der Waals surface area contributed by atoms with Gasteiger partial charge in [-0.05, 0) is 70.6 Å². The number of hydrogen-bond donors (Lipinski definition) is 0. The largest absolute Gasteiger partial charge is 0.456 e. The lowest BCUT2D eigenvalue weighted by molar-refractivity contribution is 0.669. The predicted molar refractivity (Wildman–Crippen MR) is 230 cm³/mol. The molecule has 4 heterocycles. The predicted octanol–water partition coefficient (Wildman–Crippen LogP) is 14.3. The fourth-order valence-electron chi connectivity index (χ4n) is 8.60. The van der Waals surface area contributed by atoms with Gasteiger partial charge in [0.25, 0.3) is 0 Å². The maximum absolute atomic E-state index is 6.39. The quantitative estimate of drug-likeness (QED) is 0.182. The number of thiophene rings is 1. The lowest BCUT2D eigenvalue weighted by Gasteiger charge is -2.35. The molecule has 3 aromatic heterocycles. The Hall–Kier alpha value is -7.08. The summed E-state index contributed by atoms with van der Waals surface area (Å²) in [5, 5.41) is 5.80. The van der Waals surface area contributed by atoms with E-state index < -0.39 is 0 Å². The van der Waals surface area contributed by atoms with Crippen molar-refractivity contribution in [2.75, 3.05) is 4.90 Å². The minimum Gasteiger partial charge on any atom is -0.456 e. The van der Waals surface area contributed by atoms with Gasteiger partial charge in [-0.1, -0.05) is 127 Å². The van der Waals surface area contributed by atoms with Crippen molar-refractivity contribution in [1.82, 2.24) is 9.97 Å². The van der Waals surface area contributed by atoms with Gasteiger partial charge in [0.2, 0.25) is 0 Å². The molecule has 4 nitrogen and oxygen atoms in total. The van der Waals surface area contributed by atoms with E-state index in [9.17, 15) is 0 Å². The maximum Gasteiger partial charge on any atom is 0.162 e. The van der Waals surface area contributed by atoms with Gasteiger partial charge in [-0.2, -0.15) is 0 Å². The van der Waals surface area contributed by atoms with Crippen LogP contribution in [-0.4, -0.2) is 9.97 Å². The van der Waals surface area contributed by atoms with Crippen LogP contribution in [0.5, 0.6) is 0 Å². The third-order valence-electron chi connectivity index (χ3n) is 11.0. The molecule has 8 aromatic carbocycles. The van der Waals surface area contributed by atoms with Gasteiger partial charge in [0.15, 0.2) is 5.82 Å². The molecule has 11 aromatic rings. The van der Waals surface area contributed by atoms with Crippen LogP contribution in [0.25, 0.3) is 97.9 Å². The van der Waals surface area contributed by atoms with E-state index in [2.05, 4.69) is 169 Å². The maximum atomic E-state index is 6.39. The average molecular weight is 720 g/mol. The molecule has 0 bridgehead atoms. The summed E-state index contributed by atoms with van der Waals surface area (Å²) in [7, 11) is 0. The zero-order chi connectivity index (χ0) is 36.0. The first-order valence-electron chi connectivity index (χ1n) is 18.5. The number of aromatic nitrogens is 2. The highest BCUT2D eigenvalue weighted by Crippen LogP contribution is 2.55. The number of nitrogens with zero attached hydrogens (tertiary/aromatic N) is 3. The van der Waals surface area contributed by atoms with Crippen molar-refractivity contribution in [2.45, 2.75) is 0 Å². The van der Waals surface area contributed by atoms with Gasteiger partial charge >= 0.3 is 0 Å². The molecule has 12 rings (SSSR count). The molecule has 1 aliphatic rings. The van der Waals surface area contributed by atoms with Crippen LogP contribution in [0.1, 0.15) is 0 Å². The molecule has 5 heteroatoms. The molecule has 0 amide bonds. The van der Waals surface area contributed by atoms with Crippen LogP contribution in [0.15, 0.2) is 180 Å². The van der Waals surface area contributed by atoms with Crippen molar-refractivity contribution in [3.63, 3.8) is 0 Å². The zero-order valence-corrected chi connectivity index (χ0v) is 30.2. The topological polar surface area (TPSA) is 42.2 Å². The molecule has 256 valence electrons. The molecule has 0 fully saturated rings. The van der Waals surface area contributed by atoms with E-state index in [0.717, 1.165) is 77.0 Å². The normalized spacial score (nSPS) is 12.3. The fraction of sp³-hybridized carbons (Fsp3) is 0. The molecule has 0 atom stereocenters. The molecular formula is C50H29N3OS. The van der Waals surface area contributed by atoms with Crippen molar-refractivity contribution in [1.29, 1.82) is 0 Å². The molecule has 0 spiro atoms. The van der Waals surface area contributed by atoms with Gasteiger partial charge in [0, 0.05) is 48.6 Å². The van der Waals surface area contributed by atoms with E-state index in [4.69, 9.17) is 14.4 Å². The van der Waals surface area contributed by atoms with Crippen LogP contribution in [0.2, 0.25) is 0 Å². The van der Waals surface area contributed by atoms with E-state index in [0.29, 0.717) is 5.82 Å². The first-order valence-corrected chi connectivity index (χ1v) is 19.3. The summed E-state index contributed by atoms with van der Waals surface area (Å²) in [5.41, 5.74) is 13.6. The second kappa shape index (κ2) is 11.7. The summed E-state index contributed by atoms with van der Waals surface area (Å²) in [6, 6.07) is 62.5. The van der Waals surface area contributed by atoms with Crippen LogP contribution < -0.4 is 4.90 Å². The number of benzene rings is 8. The summed E-state index contributed by atoms with van der Waals surface area (Å²) in [6.45, 7) is 0. The molecule has 55 heavy (non-hydrogen) atoms. The lowest BCUT2D eigenvalue weighted by atomic mass is 9.86. The number of para-hydroxylation sites is 3. The van der Waals surface area contributed by atoms with Crippen molar-refractivity contribution in [3.05, 3.63) is 176 Å². The Bertz CT molecular complexity index is 3330. The second-order valence-electron chi connectivity index (χ2n) is 14.1. The minimum absolute atomic E-state index is 0.685. The SMILES string of the molecule is c1ccc(-c2ccc3c4c(cccc24)-c2cccc(-c4nc(-c5ccc6c(c5)oc5ccccc56)c5sc6ccccc6c5n4)c2N3c2ccccc2)cc1. The summed E-state index contributed by atoms with van der Waals surface area (Å²) >= 11 is 1.74. The Morgan fingerprint density at radius 2 is 1.18 bits per heavy atom. The van der Waals surface area contributed by atoms with Crippen molar-refractivity contribution < 1.29 is 4.42 Å². The van der Waals surface area contributed by atoms with E-state index >= 15 is 0 Å². The molecule has 0 saturated heterocycles. The van der Waals surface area contributed by atoms with E-state index in [1.54, 1.807) is 11.3 Å². The number of rotatable bonds is 4. The smallest absolute Gasteiger partial charge is 0.162 e. The standard InChI is InChI=1S/C50H29N3OS/c1-3-13-30(14-4-1)33-27-28-41-45-36(33)19-11-20-37(45)38-21-12-22-40(48(38)53(41)32-15-5-2-6-16-32)50-51-46(49-47(52-50)39-18-8-10-24-44(39)55-49)31-25-26-35-34-17-7-9-23-42(34)54-43(35)29-31/h1-29H. The molecule has 0 unspecified atom stereocenters. The Balaban J connectivity index is 1.15. The number of hydrogen-bond acceptors (Lipinski definition) is 5. The van der Waals surface area contributed by atoms with Gasteiger partial charge in [0.05, 0.1) is 27.3 Å². The van der Waals surface area contributed by atoms with Crippen LogP contribution in [0.4, 0.5) is 17.1 Å². The van der Waals surface area contributed by atoms with Crippen molar-refractivity contribution in [3.8, 4) is 44.9 Å². The first kappa shape index (κ1) is 30.4. The molecule has 1 aliphatic heterocycles. The Morgan fingerprint density at radius 1 is 0.473 bits per heavy atom. The highest BCUT2D eigenvalue weighted by Gasteiger charge is 2.31. The first-order chi connectivity index (χ1) is 27.3. The Kier molecular flexibility index (Phi) is 6.47. The minimum atomic E-state index is 0.685. The monoisotopic (exact) mass is 719 g/mol. The highest BCUT2D eigenvalue weighted by molar-refractivity contribution is 7.26. The molecule has 0 N–H and O–H groups in total. The Morgan fingerprint density at radius 3 is 2.07 bits per heavy atom. The van der Waals surface area contributed by atoms with Crippen molar-refractivity contribution in [2.24, 2.45) is 0 Å². The highest BCUT2D eigenvalue weighted by atomic mass is 32.1. The summed E-state index contributed by atoms with van der Waals surface area (Å²) in [6.07, 6.45) is 0. The third-order valence-corrected chi connectivity index (χ3v) is 12.2. The summed E-state index contributed by atoms with van der Waals surface area (Å²) < 4.78 is 8.64. The summed E-state index contributed by atoms with van der Waals surface area (Å²) in [4.78, 5) is 13.4. The zero-order valence-electron chi connectivity index (χ0n) is 29.4. The Labute approximate surface area is 320 Å². The van der Waals surface area contributed by atoms with Crippen LogP contribution in [0, 0.1) is 0 Å². The second-order valence-corrected chi connectivity index (χ2v) is 15.1.